The summed E-state index contributed by atoms with van der Waals surface area (Å²) in [6.07, 6.45) is 0. The van der Waals surface area contributed by atoms with Crippen LogP contribution in [0.25, 0.3) is 0 Å². The minimum atomic E-state index is -0.436. The van der Waals surface area contributed by atoms with Crippen LogP contribution in [-0.4, -0.2) is 5.91 Å². The summed E-state index contributed by atoms with van der Waals surface area (Å²) in [5.74, 6) is -0.436. The second-order valence-electron chi connectivity index (χ2n) is 3.89. The van der Waals surface area contributed by atoms with Crippen LogP contribution >= 0.6 is 11.6 Å². The fourth-order valence-corrected chi connectivity index (χ4v) is 1.78. The molecule has 0 unspecified atom stereocenters. The molecule has 3 N–H and O–H groups in total. The lowest BCUT2D eigenvalue weighted by Crippen LogP contribution is -2.14. The fraction of sp³-hybridized carbons (Fsp3) is 0.0714. The molecule has 0 atom stereocenters. The molecule has 3 nitrogen and oxygen atoms in total. The number of nitrogens with two attached hydrogens (primary N) is 1. The molecule has 18 heavy (non-hydrogen) atoms. The predicted octanol–water partition coefficient (Wildman–Crippen LogP) is 3.05. The smallest absolute Gasteiger partial charge is 0.250 e. The highest BCUT2D eigenvalue weighted by molar-refractivity contribution is 6.30. The number of benzene rings is 2. The molecule has 0 heterocycles. The van der Waals surface area contributed by atoms with Gasteiger partial charge in [-0.1, -0.05) is 35.9 Å². The van der Waals surface area contributed by atoms with E-state index in [1.807, 2.05) is 36.4 Å². The zero-order chi connectivity index (χ0) is 13.0. The number of anilines is 1. The van der Waals surface area contributed by atoms with Gasteiger partial charge < -0.3 is 11.1 Å². The maximum atomic E-state index is 11.2. The van der Waals surface area contributed by atoms with Gasteiger partial charge in [0.05, 0.1) is 5.56 Å². The van der Waals surface area contributed by atoms with Crippen molar-refractivity contribution in [2.75, 3.05) is 5.32 Å². The standard InChI is InChI=1S/C14H13ClN2O/c15-11-7-5-10(6-8-11)9-17-13-4-2-1-3-12(13)14(16)18/h1-8,17H,9H2,(H2,16,18). The lowest BCUT2D eigenvalue weighted by molar-refractivity contribution is 0.100. The molecule has 0 radical (unpaired) electrons. The number of carbonyl (C=O) groups is 1. The summed E-state index contributed by atoms with van der Waals surface area (Å²) in [5.41, 5.74) is 7.62. The molecule has 1 amide bonds. The van der Waals surface area contributed by atoms with Crippen molar-refractivity contribution in [2.24, 2.45) is 5.73 Å². The van der Waals surface area contributed by atoms with E-state index in [1.54, 1.807) is 12.1 Å². The van der Waals surface area contributed by atoms with Gasteiger partial charge in [-0.15, -0.1) is 0 Å². The van der Waals surface area contributed by atoms with E-state index in [1.165, 1.54) is 0 Å². The lowest BCUT2D eigenvalue weighted by atomic mass is 10.1. The molecule has 2 aromatic rings. The van der Waals surface area contributed by atoms with E-state index in [0.717, 1.165) is 11.3 Å². The van der Waals surface area contributed by atoms with Gasteiger partial charge >= 0.3 is 0 Å². The monoisotopic (exact) mass is 260 g/mol. The largest absolute Gasteiger partial charge is 0.380 e. The Morgan fingerprint density at radius 3 is 2.44 bits per heavy atom. The van der Waals surface area contributed by atoms with Gasteiger partial charge in [-0.25, -0.2) is 0 Å². The zero-order valence-electron chi connectivity index (χ0n) is 9.69. The van der Waals surface area contributed by atoms with Crippen molar-refractivity contribution >= 4 is 23.2 Å². The topological polar surface area (TPSA) is 55.1 Å². The molecule has 4 heteroatoms. The van der Waals surface area contributed by atoms with Crippen LogP contribution < -0.4 is 11.1 Å². The molecule has 2 rings (SSSR count). The minimum absolute atomic E-state index is 0.436. The van der Waals surface area contributed by atoms with Gasteiger partial charge in [-0.05, 0) is 29.8 Å². The Morgan fingerprint density at radius 1 is 1.11 bits per heavy atom. The summed E-state index contributed by atoms with van der Waals surface area (Å²) in [5, 5.41) is 3.89. The minimum Gasteiger partial charge on any atom is -0.380 e. The van der Waals surface area contributed by atoms with E-state index >= 15 is 0 Å². The van der Waals surface area contributed by atoms with Crippen molar-refractivity contribution < 1.29 is 4.79 Å². The summed E-state index contributed by atoms with van der Waals surface area (Å²) < 4.78 is 0. The number of hydrogen-bond donors (Lipinski definition) is 2. The van der Waals surface area contributed by atoms with E-state index in [9.17, 15) is 4.79 Å². The molecular weight excluding hydrogens is 248 g/mol. The second kappa shape index (κ2) is 5.56. The highest BCUT2D eigenvalue weighted by Crippen LogP contribution is 2.16. The van der Waals surface area contributed by atoms with Crippen molar-refractivity contribution in [3.63, 3.8) is 0 Å². The van der Waals surface area contributed by atoms with Gasteiger partial charge in [0, 0.05) is 17.3 Å². The highest BCUT2D eigenvalue weighted by atomic mass is 35.5. The normalized spacial score (nSPS) is 10.1. The lowest BCUT2D eigenvalue weighted by Gasteiger charge is -2.09. The number of amides is 1. The van der Waals surface area contributed by atoms with Crippen molar-refractivity contribution in [3.8, 4) is 0 Å². The van der Waals surface area contributed by atoms with Crippen LogP contribution in [0.15, 0.2) is 48.5 Å². The van der Waals surface area contributed by atoms with E-state index < -0.39 is 5.91 Å². The first-order valence-electron chi connectivity index (χ1n) is 5.54. The average Bonchev–Trinajstić information content (AvgIpc) is 2.38. The van der Waals surface area contributed by atoms with Gasteiger partial charge in [0.2, 0.25) is 0 Å². The first-order chi connectivity index (χ1) is 8.66. The number of hydrogen-bond acceptors (Lipinski definition) is 2. The number of primary amides is 1. The molecule has 0 bridgehead atoms. The molecule has 0 aliphatic rings. The van der Waals surface area contributed by atoms with Crippen LogP contribution in [0.5, 0.6) is 0 Å². The predicted molar refractivity (Wildman–Crippen MR) is 73.7 cm³/mol. The van der Waals surface area contributed by atoms with E-state index in [2.05, 4.69) is 5.32 Å². The molecule has 0 aromatic heterocycles. The molecule has 0 saturated carbocycles. The van der Waals surface area contributed by atoms with Gasteiger partial charge in [-0.2, -0.15) is 0 Å². The van der Waals surface area contributed by atoms with Gasteiger partial charge in [0.15, 0.2) is 0 Å². The molecule has 2 aromatic carbocycles. The molecule has 0 aliphatic carbocycles. The van der Waals surface area contributed by atoms with Crippen LogP contribution in [0.4, 0.5) is 5.69 Å². The van der Waals surface area contributed by atoms with Crippen molar-refractivity contribution in [1.82, 2.24) is 0 Å². The number of para-hydroxylation sites is 1. The van der Waals surface area contributed by atoms with Crippen molar-refractivity contribution in [3.05, 3.63) is 64.7 Å². The third kappa shape index (κ3) is 3.02. The molecule has 0 fully saturated rings. The quantitative estimate of drug-likeness (QED) is 0.888. The Kier molecular flexibility index (Phi) is 3.85. The van der Waals surface area contributed by atoms with Gasteiger partial charge in [0.25, 0.3) is 5.91 Å². The maximum absolute atomic E-state index is 11.2. The van der Waals surface area contributed by atoms with Crippen LogP contribution in [0, 0.1) is 0 Å². The average molecular weight is 261 g/mol. The van der Waals surface area contributed by atoms with E-state index in [0.29, 0.717) is 17.1 Å². The van der Waals surface area contributed by atoms with Crippen LogP contribution in [0.2, 0.25) is 5.02 Å². The Bertz CT molecular complexity index is 552. The first kappa shape index (κ1) is 12.5. The van der Waals surface area contributed by atoms with Crippen LogP contribution in [-0.2, 0) is 6.54 Å². The Hall–Kier alpha value is -2.00. The van der Waals surface area contributed by atoms with E-state index in [-0.39, 0.29) is 0 Å². The number of rotatable bonds is 4. The van der Waals surface area contributed by atoms with Crippen molar-refractivity contribution in [1.29, 1.82) is 0 Å². The Balaban J connectivity index is 2.10. The Labute approximate surface area is 111 Å². The third-order valence-electron chi connectivity index (χ3n) is 2.59. The summed E-state index contributed by atoms with van der Waals surface area (Å²) in [6.45, 7) is 0.613. The SMILES string of the molecule is NC(=O)c1ccccc1NCc1ccc(Cl)cc1. The summed E-state index contributed by atoms with van der Waals surface area (Å²) in [7, 11) is 0. The fourth-order valence-electron chi connectivity index (χ4n) is 1.65. The van der Waals surface area contributed by atoms with Crippen LogP contribution in [0.1, 0.15) is 15.9 Å². The van der Waals surface area contributed by atoms with E-state index in [4.69, 9.17) is 17.3 Å². The second-order valence-corrected chi connectivity index (χ2v) is 4.33. The highest BCUT2D eigenvalue weighted by Gasteiger charge is 2.06. The van der Waals surface area contributed by atoms with Gasteiger partial charge in [0.1, 0.15) is 0 Å². The van der Waals surface area contributed by atoms with Gasteiger partial charge in [-0.3, -0.25) is 4.79 Å². The summed E-state index contributed by atoms with van der Waals surface area (Å²) in [6, 6.07) is 14.7. The van der Waals surface area contributed by atoms with Crippen LogP contribution in [0.3, 0.4) is 0 Å². The molecule has 0 saturated heterocycles. The number of carbonyl (C=O) groups excluding carboxylic acids is 1. The zero-order valence-corrected chi connectivity index (χ0v) is 10.4. The molecule has 0 spiro atoms. The summed E-state index contributed by atoms with van der Waals surface area (Å²) in [4.78, 5) is 11.2. The summed E-state index contributed by atoms with van der Waals surface area (Å²) >= 11 is 5.81. The number of halogens is 1. The molecular formula is C14H13ClN2O. The third-order valence-corrected chi connectivity index (χ3v) is 2.84. The maximum Gasteiger partial charge on any atom is 0.250 e. The molecule has 92 valence electrons. The van der Waals surface area contributed by atoms with Crippen molar-refractivity contribution in [2.45, 2.75) is 6.54 Å². The number of nitrogens with one attached hydrogen (secondary N) is 1. The first-order valence-corrected chi connectivity index (χ1v) is 5.92. The molecule has 0 aliphatic heterocycles. The Morgan fingerprint density at radius 2 is 1.78 bits per heavy atom.